The number of carbonyl (C=O) groups is 1. The second-order valence-corrected chi connectivity index (χ2v) is 13.1. The number of carbonyl (C=O) groups excluding carboxylic acids is 1. The first-order valence-electron chi connectivity index (χ1n) is 10.0. The first-order valence-corrected chi connectivity index (χ1v) is 13.5. The van der Waals surface area contributed by atoms with Crippen molar-refractivity contribution in [2.75, 3.05) is 33.2 Å². The molecule has 1 atom stereocenters. The van der Waals surface area contributed by atoms with Crippen LogP contribution in [0.1, 0.15) is 46.5 Å². The predicted octanol–water partition coefficient (Wildman–Crippen LogP) is 4.45. The number of allylic oxidation sites excluding steroid dienone is 3. The van der Waals surface area contributed by atoms with Gasteiger partial charge in [0.1, 0.15) is 0 Å². The summed E-state index contributed by atoms with van der Waals surface area (Å²) in [6.07, 6.45) is 8.34. The zero-order chi connectivity index (χ0) is 19.7. The molecule has 4 nitrogen and oxygen atoms in total. The van der Waals surface area contributed by atoms with E-state index in [4.69, 9.17) is 4.43 Å². The van der Waals surface area contributed by atoms with E-state index in [1.54, 1.807) is 0 Å². The molecule has 26 heavy (non-hydrogen) atoms. The standard InChI is InChI=1S/C21H40N2O2Si/c1-18(10-8-12-19(2)20(3)25-26(5,6)7)11-9-13-21(24)23-16-14-22(4)15-17-23/h11-12,20H,8-10,13-17H2,1-7H3. The Morgan fingerprint density at radius 3 is 2.19 bits per heavy atom. The molecule has 0 N–H and O–H groups in total. The fourth-order valence-corrected chi connectivity index (χ4v) is 4.32. The van der Waals surface area contributed by atoms with Crippen LogP contribution in [-0.4, -0.2) is 63.4 Å². The van der Waals surface area contributed by atoms with Crippen LogP contribution >= 0.6 is 0 Å². The van der Waals surface area contributed by atoms with Crippen LogP contribution in [0.25, 0.3) is 0 Å². The summed E-state index contributed by atoms with van der Waals surface area (Å²) >= 11 is 0. The Balaban J connectivity index is 2.29. The maximum Gasteiger partial charge on any atom is 0.222 e. The number of likely N-dealkylation sites (N-methyl/N-ethyl adjacent to an activating group) is 1. The van der Waals surface area contributed by atoms with Gasteiger partial charge in [-0.2, -0.15) is 0 Å². The van der Waals surface area contributed by atoms with Gasteiger partial charge in [-0.15, -0.1) is 0 Å². The third-order valence-corrected chi connectivity index (χ3v) is 5.94. The van der Waals surface area contributed by atoms with Crippen molar-refractivity contribution in [2.24, 2.45) is 0 Å². The zero-order valence-corrected chi connectivity index (χ0v) is 19.1. The van der Waals surface area contributed by atoms with E-state index in [0.29, 0.717) is 12.3 Å². The van der Waals surface area contributed by atoms with E-state index < -0.39 is 8.32 Å². The monoisotopic (exact) mass is 380 g/mol. The van der Waals surface area contributed by atoms with Gasteiger partial charge in [0.05, 0.1) is 6.10 Å². The molecule has 0 aliphatic carbocycles. The van der Waals surface area contributed by atoms with Gasteiger partial charge in [0.15, 0.2) is 8.32 Å². The summed E-state index contributed by atoms with van der Waals surface area (Å²) < 4.78 is 6.12. The Hall–Kier alpha value is -0.913. The molecule has 1 rings (SSSR count). The van der Waals surface area contributed by atoms with E-state index in [1.807, 2.05) is 4.90 Å². The highest BCUT2D eigenvalue weighted by Crippen LogP contribution is 2.16. The summed E-state index contributed by atoms with van der Waals surface area (Å²) in [5, 5.41) is 0. The lowest BCUT2D eigenvalue weighted by Crippen LogP contribution is -2.47. The highest BCUT2D eigenvalue weighted by atomic mass is 28.4. The Morgan fingerprint density at radius 1 is 1.04 bits per heavy atom. The third kappa shape index (κ3) is 9.69. The Bertz CT molecular complexity index is 501. The fraction of sp³-hybridized carbons (Fsp3) is 0.762. The molecule has 1 aliphatic rings. The van der Waals surface area contributed by atoms with Gasteiger partial charge in [-0.25, -0.2) is 0 Å². The summed E-state index contributed by atoms with van der Waals surface area (Å²) in [5.74, 6) is 0.301. The maximum absolute atomic E-state index is 12.2. The predicted molar refractivity (Wildman–Crippen MR) is 114 cm³/mol. The van der Waals surface area contributed by atoms with Gasteiger partial charge in [0, 0.05) is 32.6 Å². The number of piperazine rings is 1. The van der Waals surface area contributed by atoms with E-state index in [-0.39, 0.29) is 6.10 Å². The molecule has 0 saturated carbocycles. The minimum Gasteiger partial charge on any atom is -0.411 e. The molecule has 1 amide bonds. The summed E-state index contributed by atoms with van der Waals surface area (Å²) in [4.78, 5) is 16.5. The number of amides is 1. The number of hydrogen-bond acceptors (Lipinski definition) is 3. The van der Waals surface area contributed by atoms with Crippen LogP contribution in [0.2, 0.25) is 19.6 Å². The number of hydrogen-bond donors (Lipinski definition) is 0. The van der Waals surface area contributed by atoms with Crippen LogP contribution in [0, 0.1) is 0 Å². The quantitative estimate of drug-likeness (QED) is 0.437. The summed E-state index contributed by atoms with van der Waals surface area (Å²) in [6.45, 7) is 16.9. The van der Waals surface area contributed by atoms with Crippen molar-refractivity contribution in [2.45, 2.75) is 72.2 Å². The van der Waals surface area contributed by atoms with Crippen molar-refractivity contribution in [1.29, 1.82) is 0 Å². The molecule has 1 unspecified atom stereocenters. The van der Waals surface area contributed by atoms with Crippen LogP contribution in [-0.2, 0) is 9.22 Å². The van der Waals surface area contributed by atoms with Gasteiger partial charge in [0.2, 0.25) is 5.91 Å². The SMILES string of the molecule is CC(=CCCC(=O)N1CCN(C)CC1)CCC=C(C)C(C)O[Si](C)(C)C. The lowest BCUT2D eigenvalue weighted by Gasteiger charge is -2.32. The topological polar surface area (TPSA) is 32.8 Å². The Kier molecular flexibility index (Phi) is 9.83. The van der Waals surface area contributed by atoms with E-state index >= 15 is 0 Å². The number of rotatable bonds is 9. The third-order valence-electron chi connectivity index (χ3n) is 4.88. The molecule has 0 bridgehead atoms. The summed E-state index contributed by atoms with van der Waals surface area (Å²) in [5.41, 5.74) is 2.70. The highest BCUT2D eigenvalue weighted by molar-refractivity contribution is 6.69. The molecule has 0 aromatic rings. The van der Waals surface area contributed by atoms with Gasteiger partial charge in [-0.3, -0.25) is 4.79 Å². The van der Waals surface area contributed by atoms with Crippen molar-refractivity contribution in [3.8, 4) is 0 Å². The second-order valence-electron chi connectivity index (χ2n) is 8.63. The minimum atomic E-state index is -1.48. The van der Waals surface area contributed by atoms with Gasteiger partial charge >= 0.3 is 0 Å². The summed E-state index contributed by atoms with van der Waals surface area (Å²) in [6, 6.07) is 0. The zero-order valence-electron chi connectivity index (χ0n) is 18.1. The molecule has 1 heterocycles. The first-order chi connectivity index (χ1) is 12.1. The lowest BCUT2D eigenvalue weighted by molar-refractivity contribution is -0.132. The molecule has 1 aliphatic heterocycles. The van der Waals surface area contributed by atoms with Gasteiger partial charge in [-0.1, -0.05) is 23.3 Å². The normalized spacial score (nSPS) is 19.0. The molecule has 0 aromatic heterocycles. The molecule has 0 aromatic carbocycles. The minimum absolute atomic E-state index is 0.215. The van der Waals surface area contributed by atoms with E-state index in [9.17, 15) is 4.79 Å². The van der Waals surface area contributed by atoms with Crippen molar-refractivity contribution in [3.05, 3.63) is 23.3 Å². The van der Waals surface area contributed by atoms with Gasteiger partial charge in [0.25, 0.3) is 0 Å². The van der Waals surface area contributed by atoms with E-state index in [1.165, 1.54) is 11.1 Å². The average molecular weight is 381 g/mol. The molecule has 150 valence electrons. The smallest absolute Gasteiger partial charge is 0.222 e. The van der Waals surface area contributed by atoms with E-state index in [0.717, 1.165) is 45.4 Å². The van der Waals surface area contributed by atoms with Crippen LogP contribution in [0.15, 0.2) is 23.3 Å². The highest BCUT2D eigenvalue weighted by Gasteiger charge is 2.19. The van der Waals surface area contributed by atoms with Crippen LogP contribution in [0.3, 0.4) is 0 Å². The van der Waals surface area contributed by atoms with Gasteiger partial charge < -0.3 is 14.2 Å². The van der Waals surface area contributed by atoms with E-state index in [2.05, 4.69) is 64.5 Å². The molecular formula is C21H40N2O2Si. The Morgan fingerprint density at radius 2 is 1.62 bits per heavy atom. The van der Waals surface area contributed by atoms with Crippen molar-refractivity contribution >= 4 is 14.2 Å². The Labute approximate surface area is 162 Å². The summed E-state index contributed by atoms with van der Waals surface area (Å²) in [7, 11) is 0.631. The molecule has 0 spiro atoms. The molecule has 1 saturated heterocycles. The molecule has 1 fully saturated rings. The number of nitrogens with zero attached hydrogens (tertiary/aromatic N) is 2. The lowest BCUT2D eigenvalue weighted by atomic mass is 10.1. The van der Waals surface area contributed by atoms with Crippen molar-refractivity contribution < 1.29 is 9.22 Å². The van der Waals surface area contributed by atoms with Crippen molar-refractivity contribution in [1.82, 2.24) is 9.80 Å². The van der Waals surface area contributed by atoms with Crippen LogP contribution < -0.4 is 0 Å². The average Bonchev–Trinajstić information content (AvgIpc) is 2.53. The maximum atomic E-state index is 12.2. The molecular weight excluding hydrogens is 340 g/mol. The molecule has 0 radical (unpaired) electrons. The van der Waals surface area contributed by atoms with Crippen molar-refractivity contribution in [3.63, 3.8) is 0 Å². The fourth-order valence-electron chi connectivity index (χ4n) is 3.07. The molecule has 5 heteroatoms. The van der Waals surface area contributed by atoms with Gasteiger partial charge in [-0.05, 0) is 66.7 Å². The largest absolute Gasteiger partial charge is 0.411 e. The second kappa shape index (κ2) is 11.0. The first kappa shape index (κ1) is 23.1. The van der Waals surface area contributed by atoms with Crippen LogP contribution in [0.5, 0.6) is 0 Å². The van der Waals surface area contributed by atoms with Crippen LogP contribution in [0.4, 0.5) is 0 Å².